The summed E-state index contributed by atoms with van der Waals surface area (Å²) < 4.78 is 5.72. The fraction of sp³-hybridized carbons (Fsp3) is 0.611. The Morgan fingerprint density at radius 1 is 1.28 bits per heavy atom. The van der Waals surface area contributed by atoms with Crippen LogP contribution in [-0.2, 0) is 4.74 Å². The van der Waals surface area contributed by atoms with E-state index in [0.717, 1.165) is 31.3 Å². The van der Waals surface area contributed by atoms with Crippen molar-refractivity contribution in [1.29, 1.82) is 0 Å². The van der Waals surface area contributed by atoms with Crippen LogP contribution < -0.4 is 0 Å². The van der Waals surface area contributed by atoms with Crippen molar-refractivity contribution in [3.05, 3.63) is 24.0 Å². The number of pyridine rings is 1. The minimum Gasteiger partial charge on any atom is -0.380 e. The summed E-state index contributed by atoms with van der Waals surface area (Å²) in [5.41, 5.74) is 1.15. The van der Waals surface area contributed by atoms with Gasteiger partial charge in [0.15, 0.2) is 5.65 Å². The molecule has 0 spiro atoms. The van der Waals surface area contributed by atoms with Gasteiger partial charge in [-0.1, -0.05) is 0 Å². The number of hydrogen-bond acceptors (Lipinski definition) is 5. The Labute approximate surface area is 147 Å². The van der Waals surface area contributed by atoms with E-state index in [1.807, 2.05) is 11.0 Å². The first-order valence-corrected chi connectivity index (χ1v) is 8.85. The Morgan fingerprint density at radius 2 is 2.04 bits per heavy atom. The first-order chi connectivity index (χ1) is 12.1. The highest BCUT2D eigenvalue weighted by atomic mass is 16.5. The lowest BCUT2D eigenvalue weighted by Gasteiger charge is -2.40. The van der Waals surface area contributed by atoms with Gasteiger partial charge in [0.05, 0.1) is 12.3 Å². The van der Waals surface area contributed by atoms with Crippen molar-refractivity contribution in [2.45, 2.75) is 25.0 Å². The zero-order valence-electron chi connectivity index (χ0n) is 15.0. The minimum absolute atomic E-state index is 0.0151. The monoisotopic (exact) mass is 343 g/mol. The number of likely N-dealkylation sites (tertiary alicyclic amines) is 1. The fourth-order valence-electron chi connectivity index (χ4n) is 4.46. The van der Waals surface area contributed by atoms with Gasteiger partial charge in [0.1, 0.15) is 5.69 Å². The lowest BCUT2D eigenvalue weighted by Crippen LogP contribution is -2.47. The molecule has 3 heterocycles. The zero-order chi connectivity index (χ0) is 17.6. The molecule has 2 aliphatic rings. The highest BCUT2D eigenvalue weighted by Crippen LogP contribution is 2.39. The first-order valence-electron chi connectivity index (χ1n) is 8.85. The van der Waals surface area contributed by atoms with Gasteiger partial charge in [-0.15, -0.1) is 0 Å². The molecule has 1 amide bonds. The average molecular weight is 343 g/mol. The number of ether oxygens (including phenoxy) is 1. The van der Waals surface area contributed by atoms with Gasteiger partial charge in [-0.25, -0.2) is 4.98 Å². The van der Waals surface area contributed by atoms with Crippen LogP contribution in [0.3, 0.4) is 0 Å². The van der Waals surface area contributed by atoms with Gasteiger partial charge in [0.2, 0.25) is 0 Å². The number of nitrogens with zero attached hydrogens (tertiary/aromatic N) is 4. The van der Waals surface area contributed by atoms with Crippen molar-refractivity contribution in [3.8, 4) is 0 Å². The summed E-state index contributed by atoms with van der Waals surface area (Å²) in [7, 11) is 6.01. The fourth-order valence-corrected chi connectivity index (χ4v) is 4.46. The number of aromatic amines is 1. The second-order valence-electron chi connectivity index (χ2n) is 7.51. The molecule has 0 radical (unpaired) electrons. The van der Waals surface area contributed by atoms with E-state index in [0.29, 0.717) is 29.2 Å². The molecule has 0 bridgehead atoms. The summed E-state index contributed by atoms with van der Waals surface area (Å²) in [5, 5.41) is 7.72. The third kappa shape index (κ3) is 2.91. The van der Waals surface area contributed by atoms with Crippen LogP contribution in [0.5, 0.6) is 0 Å². The number of rotatable bonds is 3. The molecule has 25 heavy (non-hydrogen) atoms. The van der Waals surface area contributed by atoms with Crippen LogP contribution in [0.25, 0.3) is 11.0 Å². The molecule has 1 aliphatic heterocycles. The number of carbonyl (C=O) groups is 1. The third-order valence-corrected chi connectivity index (χ3v) is 5.86. The molecule has 4 atom stereocenters. The van der Waals surface area contributed by atoms with E-state index in [-0.39, 0.29) is 12.0 Å². The topological polar surface area (TPSA) is 74.3 Å². The minimum atomic E-state index is 0.0151. The molecule has 1 aliphatic carbocycles. The maximum Gasteiger partial charge on any atom is 0.272 e. The van der Waals surface area contributed by atoms with Crippen molar-refractivity contribution >= 4 is 16.9 Å². The van der Waals surface area contributed by atoms with Gasteiger partial charge in [-0.3, -0.25) is 9.89 Å². The van der Waals surface area contributed by atoms with E-state index in [1.54, 1.807) is 19.4 Å². The molecule has 1 saturated carbocycles. The van der Waals surface area contributed by atoms with E-state index < -0.39 is 0 Å². The molecule has 7 heteroatoms. The van der Waals surface area contributed by atoms with Crippen LogP contribution in [0.15, 0.2) is 18.3 Å². The second kappa shape index (κ2) is 6.38. The summed E-state index contributed by atoms with van der Waals surface area (Å²) in [6, 6.07) is 4.11. The van der Waals surface area contributed by atoms with Gasteiger partial charge >= 0.3 is 0 Å². The summed E-state index contributed by atoms with van der Waals surface area (Å²) in [6.07, 6.45) is 4.05. The Hall–Kier alpha value is -1.99. The number of carbonyl (C=O) groups excluding carboxylic acids is 1. The van der Waals surface area contributed by atoms with E-state index in [2.05, 4.69) is 34.2 Å². The number of hydrogen-bond donors (Lipinski definition) is 1. The molecule has 134 valence electrons. The number of methoxy groups -OCH3 is 1. The van der Waals surface area contributed by atoms with Gasteiger partial charge in [0, 0.05) is 31.6 Å². The molecule has 2 aromatic rings. The maximum atomic E-state index is 12.9. The molecular weight excluding hydrogens is 318 g/mol. The summed E-state index contributed by atoms with van der Waals surface area (Å²) in [6.45, 7) is 1.61. The maximum absolute atomic E-state index is 12.9. The van der Waals surface area contributed by atoms with Crippen molar-refractivity contribution < 1.29 is 9.53 Å². The van der Waals surface area contributed by atoms with Gasteiger partial charge < -0.3 is 14.5 Å². The number of amides is 1. The van der Waals surface area contributed by atoms with E-state index in [4.69, 9.17) is 4.74 Å². The van der Waals surface area contributed by atoms with E-state index in [9.17, 15) is 4.79 Å². The van der Waals surface area contributed by atoms with Crippen LogP contribution in [-0.4, -0.2) is 77.3 Å². The number of H-pyrrole nitrogens is 1. The van der Waals surface area contributed by atoms with Crippen LogP contribution in [0, 0.1) is 11.8 Å². The predicted molar refractivity (Wildman–Crippen MR) is 94.3 cm³/mol. The molecule has 0 unspecified atom stereocenters. The van der Waals surface area contributed by atoms with Crippen molar-refractivity contribution in [2.75, 3.05) is 34.3 Å². The molecule has 2 aromatic heterocycles. The lowest BCUT2D eigenvalue weighted by molar-refractivity contribution is -0.0209. The number of nitrogens with one attached hydrogen (secondary N) is 1. The van der Waals surface area contributed by atoms with Gasteiger partial charge in [-0.2, -0.15) is 5.10 Å². The smallest absolute Gasteiger partial charge is 0.272 e. The zero-order valence-corrected chi connectivity index (χ0v) is 15.0. The highest BCUT2D eigenvalue weighted by Gasteiger charge is 2.44. The van der Waals surface area contributed by atoms with Gasteiger partial charge in [0.25, 0.3) is 5.91 Å². The van der Waals surface area contributed by atoms with Crippen LogP contribution in [0.2, 0.25) is 0 Å². The summed E-state index contributed by atoms with van der Waals surface area (Å²) >= 11 is 0. The molecule has 2 fully saturated rings. The third-order valence-electron chi connectivity index (χ3n) is 5.86. The molecule has 1 saturated heterocycles. The molecule has 4 rings (SSSR count). The normalized spacial score (nSPS) is 29.4. The van der Waals surface area contributed by atoms with E-state index >= 15 is 0 Å². The SMILES string of the molecule is CO[C@@H]1C[C@H]2CN(C(=O)c3ccc4cn[nH]c4n3)C[C@H]2C[C@H]1N(C)C. The quantitative estimate of drug-likeness (QED) is 0.911. The number of aromatic nitrogens is 3. The standard InChI is InChI=1S/C18H25N5O2/c1-22(2)15-6-12-9-23(10-13(12)7-16(15)25-3)18(24)14-5-4-11-8-19-21-17(11)20-14/h4-5,8,12-13,15-16H,6-7,9-10H2,1-3H3,(H,19,20,21)/t12-,13+,15-,16-/m1/s1. The van der Waals surface area contributed by atoms with Crippen molar-refractivity contribution in [3.63, 3.8) is 0 Å². The number of fused-ring (bicyclic) bond motifs is 2. The molecular formula is C18H25N5O2. The van der Waals surface area contributed by atoms with Crippen molar-refractivity contribution in [2.24, 2.45) is 11.8 Å². The van der Waals surface area contributed by atoms with Crippen LogP contribution >= 0.6 is 0 Å². The van der Waals surface area contributed by atoms with Crippen molar-refractivity contribution in [1.82, 2.24) is 25.0 Å². The Balaban J connectivity index is 1.50. The Morgan fingerprint density at radius 3 is 2.76 bits per heavy atom. The molecule has 1 N–H and O–H groups in total. The average Bonchev–Trinajstić information content (AvgIpc) is 3.24. The summed E-state index contributed by atoms with van der Waals surface area (Å²) in [4.78, 5) is 21.6. The largest absolute Gasteiger partial charge is 0.380 e. The molecule has 7 nitrogen and oxygen atoms in total. The Bertz CT molecular complexity index is 774. The second-order valence-corrected chi connectivity index (χ2v) is 7.51. The lowest BCUT2D eigenvalue weighted by atomic mass is 9.77. The predicted octanol–water partition coefficient (Wildman–Crippen LogP) is 1.39. The molecule has 0 aromatic carbocycles. The Kier molecular flexibility index (Phi) is 4.21. The van der Waals surface area contributed by atoms with Crippen LogP contribution in [0.4, 0.5) is 0 Å². The number of likely N-dealkylation sites (N-methyl/N-ethyl adjacent to an activating group) is 1. The van der Waals surface area contributed by atoms with Gasteiger partial charge in [-0.05, 0) is 50.9 Å². The van der Waals surface area contributed by atoms with Crippen LogP contribution in [0.1, 0.15) is 23.3 Å². The van der Waals surface area contributed by atoms with E-state index in [1.165, 1.54) is 0 Å². The first kappa shape index (κ1) is 16.5. The summed E-state index contributed by atoms with van der Waals surface area (Å²) in [5.74, 6) is 1.07. The highest BCUT2D eigenvalue weighted by molar-refractivity contribution is 5.94.